The molecular formula is C9H15N3O2. The smallest absolute Gasteiger partial charge is 0.315 e. The van der Waals surface area contributed by atoms with Crippen molar-refractivity contribution < 1.29 is 9.21 Å². The maximum absolute atomic E-state index is 11.1. The molecule has 5 heteroatoms. The third-order valence-corrected chi connectivity index (χ3v) is 1.67. The molecule has 0 aliphatic carbocycles. The molecule has 0 bridgehead atoms. The minimum Gasteiger partial charge on any atom is -0.467 e. The molecule has 0 atom stereocenters. The Balaban J connectivity index is 2.09. The van der Waals surface area contributed by atoms with E-state index in [9.17, 15) is 4.79 Å². The summed E-state index contributed by atoms with van der Waals surface area (Å²) < 4.78 is 5.05. The molecule has 4 N–H and O–H groups in total. The monoisotopic (exact) mass is 197 g/mol. The summed E-state index contributed by atoms with van der Waals surface area (Å²) in [5.41, 5.74) is 5.28. The van der Waals surface area contributed by atoms with Gasteiger partial charge >= 0.3 is 6.03 Å². The van der Waals surface area contributed by atoms with Gasteiger partial charge in [0.1, 0.15) is 5.76 Å². The first-order chi connectivity index (χ1) is 6.83. The van der Waals surface area contributed by atoms with Crippen molar-refractivity contribution in [3.05, 3.63) is 24.2 Å². The molecule has 0 aromatic carbocycles. The van der Waals surface area contributed by atoms with Gasteiger partial charge in [0.05, 0.1) is 12.8 Å². The Morgan fingerprint density at radius 2 is 2.36 bits per heavy atom. The zero-order valence-electron chi connectivity index (χ0n) is 7.95. The minimum absolute atomic E-state index is 0.199. The molecule has 2 amide bonds. The number of amides is 2. The Hall–Kier alpha value is -1.49. The van der Waals surface area contributed by atoms with Gasteiger partial charge in [-0.1, -0.05) is 0 Å². The van der Waals surface area contributed by atoms with Gasteiger partial charge < -0.3 is 20.8 Å². The molecule has 0 aliphatic heterocycles. The summed E-state index contributed by atoms with van der Waals surface area (Å²) in [5, 5.41) is 5.33. The largest absolute Gasteiger partial charge is 0.467 e. The van der Waals surface area contributed by atoms with Crippen LogP contribution in [0.3, 0.4) is 0 Å². The van der Waals surface area contributed by atoms with E-state index in [0.29, 0.717) is 19.6 Å². The fourth-order valence-corrected chi connectivity index (χ4v) is 0.947. The summed E-state index contributed by atoms with van der Waals surface area (Å²) in [6.07, 6.45) is 2.36. The van der Waals surface area contributed by atoms with Crippen molar-refractivity contribution in [3.8, 4) is 0 Å². The molecule has 14 heavy (non-hydrogen) atoms. The van der Waals surface area contributed by atoms with Gasteiger partial charge in [0.25, 0.3) is 0 Å². The molecule has 1 heterocycles. The average molecular weight is 197 g/mol. The first-order valence-corrected chi connectivity index (χ1v) is 4.57. The third-order valence-electron chi connectivity index (χ3n) is 1.67. The molecule has 5 nitrogen and oxygen atoms in total. The van der Waals surface area contributed by atoms with E-state index in [1.807, 2.05) is 0 Å². The minimum atomic E-state index is -0.199. The molecule has 0 saturated heterocycles. The lowest BCUT2D eigenvalue weighted by molar-refractivity contribution is 0.239. The number of urea groups is 1. The lowest BCUT2D eigenvalue weighted by Crippen LogP contribution is -2.36. The number of furan rings is 1. The van der Waals surface area contributed by atoms with Crippen molar-refractivity contribution in [1.29, 1.82) is 0 Å². The van der Waals surface area contributed by atoms with Crippen LogP contribution in [0.2, 0.25) is 0 Å². The maximum atomic E-state index is 11.1. The lowest BCUT2D eigenvalue weighted by Gasteiger charge is -2.04. The molecule has 0 aliphatic rings. The van der Waals surface area contributed by atoms with Crippen molar-refractivity contribution in [3.63, 3.8) is 0 Å². The van der Waals surface area contributed by atoms with Crippen LogP contribution in [0.25, 0.3) is 0 Å². The van der Waals surface area contributed by atoms with Crippen LogP contribution in [-0.2, 0) is 6.54 Å². The van der Waals surface area contributed by atoms with Gasteiger partial charge in [-0.15, -0.1) is 0 Å². The van der Waals surface area contributed by atoms with Gasteiger partial charge in [0.15, 0.2) is 0 Å². The van der Waals surface area contributed by atoms with Crippen LogP contribution in [0.5, 0.6) is 0 Å². The van der Waals surface area contributed by atoms with E-state index in [1.54, 1.807) is 18.4 Å². The Kier molecular flexibility index (Phi) is 4.57. The van der Waals surface area contributed by atoms with Crippen molar-refractivity contribution >= 4 is 6.03 Å². The molecule has 0 saturated carbocycles. The van der Waals surface area contributed by atoms with Crippen LogP contribution >= 0.6 is 0 Å². The molecule has 0 unspecified atom stereocenters. The number of nitrogens with one attached hydrogen (secondary N) is 2. The van der Waals surface area contributed by atoms with Gasteiger partial charge in [0, 0.05) is 6.54 Å². The first kappa shape index (κ1) is 10.6. The Morgan fingerprint density at radius 1 is 1.50 bits per heavy atom. The van der Waals surface area contributed by atoms with Gasteiger partial charge in [-0.05, 0) is 25.1 Å². The summed E-state index contributed by atoms with van der Waals surface area (Å²) >= 11 is 0. The lowest BCUT2D eigenvalue weighted by atomic mass is 10.4. The Labute approximate surface area is 82.7 Å². The third kappa shape index (κ3) is 3.95. The molecular weight excluding hydrogens is 182 g/mol. The normalized spacial score (nSPS) is 9.79. The fourth-order valence-electron chi connectivity index (χ4n) is 0.947. The van der Waals surface area contributed by atoms with Gasteiger partial charge in [-0.2, -0.15) is 0 Å². The zero-order chi connectivity index (χ0) is 10.2. The highest BCUT2D eigenvalue weighted by atomic mass is 16.3. The van der Waals surface area contributed by atoms with E-state index in [2.05, 4.69) is 10.6 Å². The number of carbonyl (C=O) groups is 1. The molecule has 0 radical (unpaired) electrons. The Morgan fingerprint density at radius 3 is 3.00 bits per heavy atom. The fraction of sp³-hybridized carbons (Fsp3) is 0.444. The van der Waals surface area contributed by atoms with Crippen LogP contribution in [0, 0.1) is 0 Å². The SMILES string of the molecule is NCCCNC(=O)NCc1ccco1. The van der Waals surface area contributed by atoms with Crippen LogP contribution in [0.4, 0.5) is 4.79 Å². The summed E-state index contributed by atoms with van der Waals surface area (Å²) in [7, 11) is 0. The standard InChI is InChI=1S/C9H15N3O2/c10-4-2-5-11-9(13)12-7-8-3-1-6-14-8/h1,3,6H,2,4-5,7,10H2,(H2,11,12,13). The van der Waals surface area contributed by atoms with Gasteiger partial charge in [0.2, 0.25) is 0 Å². The number of hydrogen-bond donors (Lipinski definition) is 3. The number of nitrogens with two attached hydrogens (primary N) is 1. The van der Waals surface area contributed by atoms with Crippen LogP contribution < -0.4 is 16.4 Å². The summed E-state index contributed by atoms with van der Waals surface area (Å²) in [4.78, 5) is 11.1. The topological polar surface area (TPSA) is 80.3 Å². The second-order valence-corrected chi connectivity index (χ2v) is 2.83. The molecule has 78 valence electrons. The highest BCUT2D eigenvalue weighted by Crippen LogP contribution is 1.97. The molecule has 1 aromatic rings. The van der Waals surface area contributed by atoms with Crippen molar-refractivity contribution in [1.82, 2.24) is 10.6 Å². The van der Waals surface area contributed by atoms with Crippen molar-refractivity contribution in [2.24, 2.45) is 5.73 Å². The summed E-state index contributed by atoms with van der Waals surface area (Å²) in [6, 6.07) is 3.39. The van der Waals surface area contributed by atoms with E-state index in [0.717, 1.165) is 12.2 Å². The van der Waals surface area contributed by atoms with Crippen LogP contribution in [0.15, 0.2) is 22.8 Å². The Bertz CT molecular complexity index is 259. The summed E-state index contributed by atoms with van der Waals surface area (Å²) in [6.45, 7) is 1.58. The maximum Gasteiger partial charge on any atom is 0.315 e. The highest BCUT2D eigenvalue weighted by Gasteiger charge is 2.00. The second kappa shape index (κ2) is 6.04. The van der Waals surface area contributed by atoms with E-state index in [1.165, 1.54) is 0 Å². The zero-order valence-corrected chi connectivity index (χ0v) is 7.95. The van der Waals surface area contributed by atoms with Crippen LogP contribution in [-0.4, -0.2) is 19.1 Å². The predicted octanol–water partition coefficient (Wildman–Crippen LogP) is 0.428. The molecule has 0 spiro atoms. The van der Waals surface area contributed by atoms with Crippen molar-refractivity contribution in [2.75, 3.05) is 13.1 Å². The number of hydrogen-bond acceptors (Lipinski definition) is 3. The van der Waals surface area contributed by atoms with Crippen LogP contribution in [0.1, 0.15) is 12.2 Å². The first-order valence-electron chi connectivity index (χ1n) is 4.57. The highest BCUT2D eigenvalue weighted by molar-refractivity contribution is 5.73. The van der Waals surface area contributed by atoms with E-state index in [-0.39, 0.29) is 6.03 Å². The number of carbonyl (C=O) groups excluding carboxylic acids is 1. The van der Waals surface area contributed by atoms with Crippen molar-refractivity contribution in [2.45, 2.75) is 13.0 Å². The van der Waals surface area contributed by atoms with Gasteiger partial charge in [-0.25, -0.2) is 4.79 Å². The average Bonchev–Trinajstić information content (AvgIpc) is 2.68. The molecule has 1 aromatic heterocycles. The summed E-state index contributed by atoms with van der Waals surface area (Å²) in [5.74, 6) is 0.735. The van der Waals surface area contributed by atoms with E-state index >= 15 is 0 Å². The predicted molar refractivity (Wildman–Crippen MR) is 52.6 cm³/mol. The van der Waals surface area contributed by atoms with E-state index in [4.69, 9.17) is 10.2 Å². The molecule has 1 rings (SSSR count). The van der Waals surface area contributed by atoms with E-state index < -0.39 is 0 Å². The second-order valence-electron chi connectivity index (χ2n) is 2.83. The molecule has 0 fully saturated rings. The van der Waals surface area contributed by atoms with Gasteiger partial charge in [-0.3, -0.25) is 0 Å². The number of rotatable bonds is 5. The quantitative estimate of drug-likeness (QED) is 0.599.